The summed E-state index contributed by atoms with van der Waals surface area (Å²) in [5.74, 6) is -0.310. The average Bonchev–Trinajstić information content (AvgIpc) is 2.50. The summed E-state index contributed by atoms with van der Waals surface area (Å²) in [6.45, 7) is 4.45. The standard InChI is InChI=1S/C18H21FN2O/c1-13-6-4-5-7-15(13)12-21(3)18(22)11-20-16-9-8-14(2)17(19)10-16/h4-10,20H,11-12H2,1-3H3. The van der Waals surface area contributed by atoms with Gasteiger partial charge < -0.3 is 10.2 Å². The van der Waals surface area contributed by atoms with E-state index in [1.54, 1.807) is 31.0 Å². The fourth-order valence-electron chi connectivity index (χ4n) is 2.15. The highest BCUT2D eigenvalue weighted by Crippen LogP contribution is 2.14. The molecule has 2 rings (SSSR count). The topological polar surface area (TPSA) is 32.3 Å². The molecule has 0 saturated heterocycles. The molecular weight excluding hydrogens is 279 g/mol. The van der Waals surface area contributed by atoms with E-state index >= 15 is 0 Å². The lowest BCUT2D eigenvalue weighted by Crippen LogP contribution is -2.32. The normalized spacial score (nSPS) is 10.4. The van der Waals surface area contributed by atoms with E-state index in [1.807, 2.05) is 31.2 Å². The highest BCUT2D eigenvalue weighted by molar-refractivity contribution is 5.80. The van der Waals surface area contributed by atoms with E-state index in [9.17, 15) is 9.18 Å². The van der Waals surface area contributed by atoms with E-state index in [-0.39, 0.29) is 18.3 Å². The molecule has 0 aromatic heterocycles. The number of aryl methyl sites for hydroxylation is 2. The third-order valence-electron chi connectivity index (χ3n) is 3.71. The SMILES string of the molecule is Cc1ccc(NCC(=O)N(C)Cc2ccccc2C)cc1F. The minimum Gasteiger partial charge on any atom is -0.376 e. The number of rotatable bonds is 5. The van der Waals surface area contributed by atoms with Gasteiger partial charge in [-0.15, -0.1) is 0 Å². The molecule has 0 aliphatic rings. The molecule has 1 N–H and O–H groups in total. The minimum absolute atomic E-state index is 0.0377. The van der Waals surface area contributed by atoms with Crippen molar-refractivity contribution in [2.24, 2.45) is 0 Å². The largest absolute Gasteiger partial charge is 0.376 e. The Labute approximate surface area is 130 Å². The maximum absolute atomic E-state index is 13.5. The van der Waals surface area contributed by atoms with Gasteiger partial charge in [-0.3, -0.25) is 4.79 Å². The first-order valence-electron chi connectivity index (χ1n) is 7.26. The van der Waals surface area contributed by atoms with E-state index in [0.29, 0.717) is 17.8 Å². The smallest absolute Gasteiger partial charge is 0.241 e. The van der Waals surface area contributed by atoms with Crippen LogP contribution in [-0.2, 0) is 11.3 Å². The van der Waals surface area contributed by atoms with Crippen LogP contribution >= 0.6 is 0 Å². The van der Waals surface area contributed by atoms with Gasteiger partial charge in [0.25, 0.3) is 0 Å². The number of hydrogen-bond acceptors (Lipinski definition) is 2. The summed E-state index contributed by atoms with van der Waals surface area (Å²) in [6.07, 6.45) is 0. The van der Waals surface area contributed by atoms with Crippen molar-refractivity contribution in [3.8, 4) is 0 Å². The number of carbonyl (C=O) groups is 1. The number of hydrogen-bond donors (Lipinski definition) is 1. The number of likely N-dealkylation sites (N-methyl/N-ethyl adjacent to an activating group) is 1. The van der Waals surface area contributed by atoms with Crippen molar-refractivity contribution in [2.45, 2.75) is 20.4 Å². The molecular formula is C18H21FN2O. The first-order valence-corrected chi connectivity index (χ1v) is 7.26. The molecule has 1 amide bonds. The lowest BCUT2D eigenvalue weighted by Gasteiger charge is -2.19. The Balaban J connectivity index is 1.91. The van der Waals surface area contributed by atoms with Crippen LogP contribution in [0.5, 0.6) is 0 Å². The first kappa shape index (κ1) is 16.0. The molecule has 116 valence electrons. The number of anilines is 1. The van der Waals surface area contributed by atoms with Crippen LogP contribution in [0.15, 0.2) is 42.5 Å². The summed E-state index contributed by atoms with van der Waals surface area (Å²) in [5.41, 5.74) is 3.49. The molecule has 0 aliphatic heterocycles. The van der Waals surface area contributed by atoms with Crippen LogP contribution in [0.2, 0.25) is 0 Å². The maximum atomic E-state index is 13.5. The molecule has 3 nitrogen and oxygen atoms in total. The van der Waals surface area contributed by atoms with Crippen molar-refractivity contribution in [2.75, 3.05) is 18.9 Å². The Kier molecular flexibility index (Phi) is 5.15. The van der Waals surface area contributed by atoms with E-state index < -0.39 is 0 Å². The van der Waals surface area contributed by atoms with Gasteiger partial charge in [0.2, 0.25) is 5.91 Å². The third kappa shape index (κ3) is 4.07. The molecule has 22 heavy (non-hydrogen) atoms. The van der Waals surface area contributed by atoms with Crippen molar-refractivity contribution < 1.29 is 9.18 Å². The van der Waals surface area contributed by atoms with E-state index in [0.717, 1.165) is 11.1 Å². The van der Waals surface area contributed by atoms with Crippen LogP contribution < -0.4 is 5.32 Å². The zero-order valence-corrected chi connectivity index (χ0v) is 13.2. The predicted molar refractivity (Wildman–Crippen MR) is 87.3 cm³/mol. The van der Waals surface area contributed by atoms with Crippen LogP contribution in [0.1, 0.15) is 16.7 Å². The monoisotopic (exact) mass is 300 g/mol. The fraction of sp³-hybridized carbons (Fsp3) is 0.278. The van der Waals surface area contributed by atoms with Crippen LogP contribution in [0.4, 0.5) is 10.1 Å². The highest BCUT2D eigenvalue weighted by atomic mass is 19.1. The van der Waals surface area contributed by atoms with E-state index in [4.69, 9.17) is 0 Å². The van der Waals surface area contributed by atoms with Gasteiger partial charge in [-0.2, -0.15) is 0 Å². The Morgan fingerprint density at radius 1 is 1.14 bits per heavy atom. The number of amides is 1. The maximum Gasteiger partial charge on any atom is 0.241 e. The number of nitrogens with zero attached hydrogens (tertiary/aromatic N) is 1. The van der Waals surface area contributed by atoms with Crippen LogP contribution in [0.3, 0.4) is 0 Å². The van der Waals surface area contributed by atoms with Crippen LogP contribution in [0, 0.1) is 19.7 Å². The first-order chi connectivity index (χ1) is 10.5. The van der Waals surface area contributed by atoms with Crippen LogP contribution in [0.25, 0.3) is 0 Å². The lowest BCUT2D eigenvalue weighted by molar-refractivity contribution is -0.128. The van der Waals surface area contributed by atoms with Crippen molar-refractivity contribution in [3.63, 3.8) is 0 Å². The van der Waals surface area contributed by atoms with Gasteiger partial charge in [0.1, 0.15) is 5.82 Å². The fourth-order valence-corrected chi connectivity index (χ4v) is 2.15. The van der Waals surface area contributed by atoms with Gasteiger partial charge in [0.15, 0.2) is 0 Å². The average molecular weight is 300 g/mol. The zero-order chi connectivity index (χ0) is 16.1. The van der Waals surface area contributed by atoms with Gasteiger partial charge in [0, 0.05) is 19.3 Å². The summed E-state index contributed by atoms with van der Waals surface area (Å²) in [5, 5.41) is 2.96. The third-order valence-corrected chi connectivity index (χ3v) is 3.71. The second-order valence-electron chi connectivity index (χ2n) is 5.49. The van der Waals surface area contributed by atoms with E-state index in [1.165, 1.54) is 6.07 Å². The molecule has 0 fully saturated rings. The van der Waals surface area contributed by atoms with Crippen LogP contribution in [-0.4, -0.2) is 24.4 Å². The molecule has 4 heteroatoms. The zero-order valence-electron chi connectivity index (χ0n) is 13.2. The van der Waals surface area contributed by atoms with Crippen molar-refractivity contribution in [3.05, 3.63) is 65.0 Å². The van der Waals surface area contributed by atoms with Gasteiger partial charge in [-0.1, -0.05) is 30.3 Å². The molecule has 0 radical (unpaired) electrons. The molecule has 0 aliphatic carbocycles. The Morgan fingerprint density at radius 2 is 1.86 bits per heavy atom. The Morgan fingerprint density at radius 3 is 2.55 bits per heavy atom. The minimum atomic E-state index is -0.272. The number of halogens is 1. The van der Waals surface area contributed by atoms with Gasteiger partial charge >= 0.3 is 0 Å². The lowest BCUT2D eigenvalue weighted by atomic mass is 10.1. The second-order valence-corrected chi connectivity index (χ2v) is 5.49. The summed E-state index contributed by atoms with van der Waals surface area (Å²) in [7, 11) is 1.77. The van der Waals surface area contributed by atoms with Crippen molar-refractivity contribution >= 4 is 11.6 Å². The molecule has 0 spiro atoms. The molecule has 2 aromatic rings. The quantitative estimate of drug-likeness (QED) is 0.916. The molecule has 0 saturated carbocycles. The van der Waals surface area contributed by atoms with Crippen molar-refractivity contribution in [1.29, 1.82) is 0 Å². The van der Waals surface area contributed by atoms with E-state index in [2.05, 4.69) is 5.32 Å². The number of benzene rings is 2. The Bertz CT molecular complexity index is 670. The molecule has 2 aromatic carbocycles. The van der Waals surface area contributed by atoms with Gasteiger partial charge in [-0.25, -0.2) is 4.39 Å². The molecule has 0 heterocycles. The molecule has 0 unspecified atom stereocenters. The molecule has 0 bridgehead atoms. The molecule has 0 atom stereocenters. The Hall–Kier alpha value is -2.36. The predicted octanol–water partition coefficient (Wildman–Crippen LogP) is 3.51. The highest BCUT2D eigenvalue weighted by Gasteiger charge is 2.10. The number of nitrogens with one attached hydrogen (secondary N) is 1. The van der Waals surface area contributed by atoms with Crippen molar-refractivity contribution in [1.82, 2.24) is 4.90 Å². The second kappa shape index (κ2) is 7.07. The summed E-state index contributed by atoms with van der Waals surface area (Å²) >= 11 is 0. The van der Waals surface area contributed by atoms with Gasteiger partial charge in [0.05, 0.1) is 6.54 Å². The number of carbonyl (C=O) groups excluding carboxylic acids is 1. The summed E-state index contributed by atoms with van der Waals surface area (Å²) < 4.78 is 13.5. The summed E-state index contributed by atoms with van der Waals surface area (Å²) in [6, 6.07) is 12.9. The van der Waals surface area contributed by atoms with Gasteiger partial charge in [-0.05, 0) is 42.7 Å². The summed E-state index contributed by atoms with van der Waals surface area (Å²) in [4.78, 5) is 13.8.